The van der Waals surface area contributed by atoms with Gasteiger partial charge in [-0.2, -0.15) is 0 Å². The largest absolute Gasteiger partial charge is 0.493 e. The van der Waals surface area contributed by atoms with Crippen LogP contribution in [0.3, 0.4) is 0 Å². The van der Waals surface area contributed by atoms with E-state index in [9.17, 15) is 4.39 Å². The minimum atomic E-state index is -0.192. The van der Waals surface area contributed by atoms with Crippen LogP contribution in [-0.4, -0.2) is 13.2 Å². The van der Waals surface area contributed by atoms with Gasteiger partial charge in [0.05, 0.1) is 12.6 Å². The summed E-state index contributed by atoms with van der Waals surface area (Å²) in [6, 6.07) is 11.3. The number of ether oxygens (including phenoxy) is 1. The van der Waals surface area contributed by atoms with E-state index < -0.39 is 0 Å². The number of halogens is 1. The second-order valence-electron chi connectivity index (χ2n) is 5.46. The van der Waals surface area contributed by atoms with Crippen LogP contribution in [0.4, 0.5) is 4.39 Å². The molecule has 0 bridgehead atoms. The molecule has 1 N–H and O–H groups in total. The van der Waals surface area contributed by atoms with Crippen LogP contribution >= 0.6 is 0 Å². The molecule has 110 valence electrons. The lowest BCUT2D eigenvalue weighted by molar-refractivity contribution is 0.357. The van der Waals surface area contributed by atoms with Crippen molar-refractivity contribution in [3.05, 3.63) is 64.5 Å². The van der Waals surface area contributed by atoms with Crippen molar-refractivity contribution in [1.82, 2.24) is 5.32 Å². The van der Waals surface area contributed by atoms with E-state index in [1.165, 1.54) is 11.6 Å². The minimum Gasteiger partial charge on any atom is -0.493 e. The maximum Gasteiger partial charge on any atom is 0.123 e. The van der Waals surface area contributed by atoms with Crippen LogP contribution in [-0.2, 0) is 6.42 Å². The van der Waals surface area contributed by atoms with E-state index in [0.717, 1.165) is 42.0 Å². The molecule has 2 nitrogen and oxygen atoms in total. The third-order valence-electron chi connectivity index (χ3n) is 4.01. The third-order valence-corrected chi connectivity index (χ3v) is 4.01. The molecule has 0 radical (unpaired) electrons. The van der Waals surface area contributed by atoms with Gasteiger partial charge in [-0.1, -0.05) is 25.1 Å². The summed E-state index contributed by atoms with van der Waals surface area (Å²) >= 11 is 0. The van der Waals surface area contributed by atoms with Gasteiger partial charge in [-0.25, -0.2) is 4.39 Å². The summed E-state index contributed by atoms with van der Waals surface area (Å²) in [5.74, 6) is 0.785. The second-order valence-corrected chi connectivity index (χ2v) is 5.46. The maximum atomic E-state index is 13.6. The lowest BCUT2D eigenvalue weighted by atomic mass is 9.93. The molecule has 2 aromatic carbocycles. The zero-order valence-electron chi connectivity index (χ0n) is 12.4. The van der Waals surface area contributed by atoms with Gasteiger partial charge in [-0.15, -0.1) is 0 Å². The van der Waals surface area contributed by atoms with E-state index in [0.29, 0.717) is 0 Å². The third kappa shape index (κ3) is 2.79. The van der Waals surface area contributed by atoms with Crippen molar-refractivity contribution in [2.24, 2.45) is 0 Å². The quantitative estimate of drug-likeness (QED) is 0.923. The van der Waals surface area contributed by atoms with Gasteiger partial charge in [-0.05, 0) is 53.9 Å². The Labute approximate surface area is 125 Å². The molecule has 2 aromatic rings. The van der Waals surface area contributed by atoms with Gasteiger partial charge in [0, 0.05) is 6.42 Å². The Morgan fingerprint density at radius 2 is 2.10 bits per heavy atom. The average Bonchev–Trinajstić information content (AvgIpc) is 2.95. The van der Waals surface area contributed by atoms with Gasteiger partial charge >= 0.3 is 0 Å². The minimum absolute atomic E-state index is 0.0107. The Kier molecular flexibility index (Phi) is 3.93. The predicted molar refractivity (Wildman–Crippen MR) is 82.3 cm³/mol. The Bertz CT molecular complexity index is 654. The van der Waals surface area contributed by atoms with Crippen molar-refractivity contribution in [3.8, 4) is 5.75 Å². The number of fused-ring (bicyclic) bond motifs is 1. The van der Waals surface area contributed by atoms with Crippen LogP contribution in [0.1, 0.15) is 35.2 Å². The van der Waals surface area contributed by atoms with Crippen molar-refractivity contribution < 1.29 is 9.13 Å². The van der Waals surface area contributed by atoms with E-state index in [4.69, 9.17) is 4.74 Å². The van der Waals surface area contributed by atoms with Crippen molar-refractivity contribution in [3.63, 3.8) is 0 Å². The first-order valence-electron chi connectivity index (χ1n) is 7.44. The highest BCUT2D eigenvalue weighted by atomic mass is 19.1. The summed E-state index contributed by atoms with van der Waals surface area (Å²) in [6.07, 6.45) is 0.949. The Morgan fingerprint density at radius 3 is 2.90 bits per heavy atom. The predicted octanol–water partition coefficient (Wildman–Crippen LogP) is 3.77. The summed E-state index contributed by atoms with van der Waals surface area (Å²) in [5, 5.41) is 3.47. The van der Waals surface area contributed by atoms with E-state index in [1.54, 1.807) is 6.07 Å². The van der Waals surface area contributed by atoms with Crippen molar-refractivity contribution in [2.75, 3.05) is 13.2 Å². The molecule has 1 aliphatic heterocycles. The molecule has 21 heavy (non-hydrogen) atoms. The topological polar surface area (TPSA) is 21.3 Å². The standard InChI is InChI=1S/C18H20FNO/c1-3-20-18(16-11-15(19)6-4-12(16)2)14-5-7-17-13(10-14)8-9-21-17/h4-7,10-11,18,20H,3,8-9H2,1-2H3. The lowest BCUT2D eigenvalue weighted by Gasteiger charge is -2.21. The van der Waals surface area contributed by atoms with Crippen LogP contribution in [0.25, 0.3) is 0 Å². The van der Waals surface area contributed by atoms with Crippen molar-refractivity contribution in [2.45, 2.75) is 26.3 Å². The molecule has 1 atom stereocenters. The number of hydrogen-bond acceptors (Lipinski definition) is 2. The van der Waals surface area contributed by atoms with Crippen LogP contribution in [0.15, 0.2) is 36.4 Å². The van der Waals surface area contributed by atoms with Crippen LogP contribution in [0.2, 0.25) is 0 Å². The van der Waals surface area contributed by atoms with E-state index in [2.05, 4.69) is 24.4 Å². The van der Waals surface area contributed by atoms with Gasteiger partial charge in [0.1, 0.15) is 11.6 Å². The highest BCUT2D eigenvalue weighted by Crippen LogP contribution is 2.31. The van der Waals surface area contributed by atoms with Crippen LogP contribution < -0.4 is 10.1 Å². The molecule has 0 saturated heterocycles. The Morgan fingerprint density at radius 1 is 1.24 bits per heavy atom. The molecule has 1 unspecified atom stereocenters. The molecule has 0 aliphatic carbocycles. The van der Waals surface area contributed by atoms with Gasteiger partial charge in [-0.3, -0.25) is 0 Å². The first-order chi connectivity index (χ1) is 10.2. The fourth-order valence-electron chi connectivity index (χ4n) is 2.92. The maximum absolute atomic E-state index is 13.6. The molecule has 1 aliphatic rings. The molecule has 0 fully saturated rings. The summed E-state index contributed by atoms with van der Waals surface area (Å²) in [5.41, 5.74) is 4.49. The molecule has 0 amide bonds. The number of nitrogens with one attached hydrogen (secondary N) is 1. The van der Waals surface area contributed by atoms with E-state index in [-0.39, 0.29) is 11.9 Å². The molecular weight excluding hydrogens is 265 g/mol. The number of aryl methyl sites for hydroxylation is 1. The normalized spacial score (nSPS) is 14.6. The lowest BCUT2D eigenvalue weighted by Crippen LogP contribution is -2.23. The number of benzene rings is 2. The molecular formula is C18H20FNO. The van der Waals surface area contributed by atoms with Gasteiger partial charge in [0.15, 0.2) is 0 Å². The zero-order chi connectivity index (χ0) is 14.8. The van der Waals surface area contributed by atoms with E-state index in [1.807, 2.05) is 19.1 Å². The number of rotatable bonds is 4. The highest BCUT2D eigenvalue weighted by molar-refractivity contribution is 5.44. The smallest absolute Gasteiger partial charge is 0.123 e. The van der Waals surface area contributed by atoms with E-state index >= 15 is 0 Å². The van der Waals surface area contributed by atoms with Crippen LogP contribution in [0.5, 0.6) is 5.75 Å². The molecule has 3 heteroatoms. The fraction of sp³-hybridized carbons (Fsp3) is 0.333. The monoisotopic (exact) mass is 285 g/mol. The first kappa shape index (κ1) is 14.1. The summed E-state index contributed by atoms with van der Waals surface area (Å²) in [7, 11) is 0. The molecule has 0 saturated carbocycles. The van der Waals surface area contributed by atoms with Crippen LogP contribution in [0, 0.1) is 12.7 Å². The van der Waals surface area contributed by atoms with Crippen molar-refractivity contribution in [1.29, 1.82) is 0 Å². The second kappa shape index (κ2) is 5.86. The van der Waals surface area contributed by atoms with Gasteiger partial charge in [0.2, 0.25) is 0 Å². The molecule has 3 rings (SSSR count). The fourth-order valence-corrected chi connectivity index (χ4v) is 2.92. The first-order valence-corrected chi connectivity index (χ1v) is 7.44. The van der Waals surface area contributed by atoms with Gasteiger partial charge < -0.3 is 10.1 Å². The Balaban J connectivity index is 2.03. The highest BCUT2D eigenvalue weighted by Gasteiger charge is 2.19. The van der Waals surface area contributed by atoms with Gasteiger partial charge in [0.25, 0.3) is 0 Å². The molecule has 1 heterocycles. The molecule has 0 aromatic heterocycles. The molecule has 0 spiro atoms. The SMILES string of the molecule is CCNC(c1ccc2c(c1)CCO2)c1cc(F)ccc1C. The summed E-state index contributed by atoms with van der Waals surface area (Å²) < 4.78 is 19.2. The zero-order valence-corrected chi connectivity index (χ0v) is 12.4. The average molecular weight is 285 g/mol. The Hall–Kier alpha value is -1.87. The number of hydrogen-bond donors (Lipinski definition) is 1. The summed E-state index contributed by atoms with van der Waals surface area (Å²) in [6.45, 7) is 5.67. The summed E-state index contributed by atoms with van der Waals surface area (Å²) in [4.78, 5) is 0. The van der Waals surface area contributed by atoms with Crippen molar-refractivity contribution >= 4 is 0 Å².